The van der Waals surface area contributed by atoms with Crippen molar-refractivity contribution >= 4 is 56.2 Å². The second kappa shape index (κ2) is 8.91. The molecule has 2 aromatic carbocycles. The van der Waals surface area contributed by atoms with Crippen molar-refractivity contribution in [2.45, 2.75) is 46.2 Å². The molecule has 1 fully saturated rings. The van der Waals surface area contributed by atoms with Gasteiger partial charge >= 0.3 is 0 Å². The fraction of sp³-hybridized carbons (Fsp3) is 0.308. The summed E-state index contributed by atoms with van der Waals surface area (Å²) in [5.41, 5.74) is 5.45. The number of hydrogen-bond acceptors (Lipinski definition) is 4. The van der Waals surface area contributed by atoms with Gasteiger partial charge in [0, 0.05) is 22.3 Å². The molecule has 0 N–H and O–H groups in total. The number of thioether (sulfide) groups is 1. The van der Waals surface area contributed by atoms with Gasteiger partial charge in [-0.2, -0.15) is 0 Å². The van der Waals surface area contributed by atoms with Crippen LogP contribution >= 0.6 is 27.7 Å². The van der Waals surface area contributed by atoms with Crippen molar-refractivity contribution in [1.29, 1.82) is 0 Å². The van der Waals surface area contributed by atoms with Gasteiger partial charge in [-0.25, -0.2) is 0 Å². The van der Waals surface area contributed by atoms with Crippen LogP contribution in [0.5, 0.6) is 0 Å². The number of amides is 2. The number of allylic oxidation sites excluding steroid dienone is 1. The standard InChI is InChI=1S/C26H27BrN2O2S/c1-5-12-29-22-11-8-19(13-21(22)17(2)15-26(29,3)4)14-23-24(30)28(25(31)32-23)16-18-6-9-20(27)10-7-18/h6-11,13-15H,5,12,16H2,1-4H3/b23-14+. The normalized spacial score (nSPS) is 18.9. The van der Waals surface area contributed by atoms with E-state index in [9.17, 15) is 9.59 Å². The highest BCUT2D eigenvalue weighted by Crippen LogP contribution is 2.40. The van der Waals surface area contributed by atoms with Gasteiger partial charge in [-0.3, -0.25) is 14.5 Å². The average Bonchev–Trinajstić information content (AvgIpc) is 3.00. The molecule has 0 aliphatic carbocycles. The summed E-state index contributed by atoms with van der Waals surface area (Å²) >= 11 is 4.42. The lowest BCUT2D eigenvalue weighted by Gasteiger charge is -2.43. The first kappa shape index (κ1) is 22.9. The molecule has 0 aromatic heterocycles. The van der Waals surface area contributed by atoms with Gasteiger partial charge in [0.15, 0.2) is 0 Å². The number of halogens is 1. The second-order valence-corrected chi connectivity index (χ2v) is 10.7. The molecule has 2 aromatic rings. The van der Waals surface area contributed by atoms with Gasteiger partial charge < -0.3 is 4.90 Å². The SMILES string of the molecule is CCCN1c2ccc(/C=C3/SC(=O)N(Cc4ccc(Br)cc4)C3=O)cc2C(C)=CC1(C)C. The number of fused-ring (bicyclic) bond motifs is 1. The molecular formula is C26H27BrN2O2S. The van der Waals surface area contributed by atoms with Gasteiger partial charge in [0.05, 0.1) is 17.0 Å². The van der Waals surface area contributed by atoms with Crippen LogP contribution in [0.15, 0.2) is 57.9 Å². The molecule has 2 aliphatic rings. The molecule has 166 valence electrons. The number of rotatable bonds is 5. The Morgan fingerprint density at radius 1 is 1.09 bits per heavy atom. The van der Waals surface area contributed by atoms with E-state index in [0.29, 0.717) is 4.91 Å². The maximum Gasteiger partial charge on any atom is 0.293 e. The van der Waals surface area contributed by atoms with E-state index in [-0.39, 0.29) is 23.2 Å². The lowest BCUT2D eigenvalue weighted by atomic mass is 9.88. The number of hydrogen-bond donors (Lipinski definition) is 0. The maximum absolute atomic E-state index is 13.0. The van der Waals surface area contributed by atoms with Gasteiger partial charge in [-0.1, -0.05) is 47.1 Å². The molecule has 4 nitrogen and oxygen atoms in total. The van der Waals surface area contributed by atoms with Crippen molar-refractivity contribution in [3.05, 3.63) is 74.6 Å². The van der Waals surface area contributed by atoms with E-state index in [2.05, 4.69) is 66.7 Å². The van der Waals surface area contributed by atoms with E-state index in [1.807, 2.05) is 36.4 Å². The lowest BCUT2D eigenvalue weighted by Crippen LogP contribution is -2.45. The zero-order valence-corrected chi connectivity index (χ0v) is 21.2. The van der Waals surface area contributed by atoms with Crippen LogP contribution in [0.25, 0.3) is 11.6 Å². The monoisotopic (exact) mass is 510 g/mol. The van der Waals surface area contributed by atoms with Crippen molar-refractivity contribution in [3.63, 3.8) is 0 Å². The third-order valence-electron chi connectivity index (χ3n) is 5.87. The Hall–Kier alpha value is -2.31. The predicted molar refractivity (Wildman–Crippen MR) is 137 cm³/mol. The van der Waals surface area contributed by atoms with E-state index in [0.717, 1.165) is 40.3 Å². The Morgan fingerprint density at radius 3 is 2.50 bits per heavy atom. The topological polar surface area (TPSA) is 40.6 Å². The summed E-state index contributed by atoms with van der Waals surface area (Å²) in [6.07, 6.45) is 5.22. The molecule has 32 heavy (non-hydrogen) atoms. The minimum absolute atomic E-state index is 0.0374. The van der Waals surface area contributed by atoms with E-state index in [1.54, 1.807) is 0 Å². The molecule has 2 heterocycles. The summed E-state index contributed by atoms with van der Waals surface area (Å²) in [6, 6.07) is 14.0. The van der Waals surface area contributed by atoms with E-state index in [4.69, 9.17) is 0 Å². The lowest BCUT2D eigenvalue weighted by molar-refractivity contribution is -0.123. The maximum atomic E-state index is 13.0. The van der Waals surface area contributed by atoms with Crippen molar-refractivity contribution < 1.29 is 9.59 Å². The van der Waals surface area contributed by atoms with E-state index >= 15 is 0 Å². The number of imide groups is 1. The number of anilines is 1. The van der Waals surface area contributed by atoms with Crippen LogP contribution in [-0.4, -0.2) is 28.1 Å². The first-order chi connectivity index (χ1) is 15.2. The van der Waals surface area contributed by atoms with Crippen LogP contribution in [0.3, 0.4) is 0 Å². The summed E-state index contributed by atoms with van der Waals surface area (Å²) in [7, 11) is 0. The molecule has 0 radical (unpaired) electrons. The Bertz CT molecular complexity index is 1140. The summed E-state index contributed by atoms with van der Waals surface area (Å²) in [6.45, 7) is 10.1. The first-order valence-corrected chi connectivity index (χ1v) is 12.4. The van der Waals surface area contributed by atoms with Crippen molar-refractivity contribution in [2.24, 2.45) is 0 Å². The number of carbonyl (C=O) groups excluding carboxylic acids is 2. The van der Waals surface area contributed by atoms with Crippen LogP contribution in [0.1, 0.15) is 50.8 Å². The zero-order valence-electron chi connectivity index (χ0n) is 18.8. The molecule has 6 heteroatoms. The third-order valence-corrected chi connectivity index (χ3v) is 7.31. The molecule has 0 unspecified atom stereocenters. The van der Waals surface area contributed by atoms with Crippen molar-refractivity contribution in [1.82, 2.24) is 4.90 Å². The molecule has 2 amide bonds. The smallest absolute Gasteiger partial charge is 0.293 e. The highest BCUT2D eigenvalue weighted by atomic mass is 79.9. The van der Waals surface area contributed by atoms with Gasteiger partial charge in [-0.05, 0) is 86.0 Å². The fourth-order valence-corrected chi connectivity index (χ4v) is 5.49. The molecule has 0 bridgehead atoms. The summed E-state index contributed by atoms with van der Waals surface area (Å²) < 4.78 is 0.966. The molecule has 0 spiro atoms. The van der Waals surface area contributed by atoms with Gasteiger partial charge in [0.25, 0.3) is 11.1 Å². The number of carbonyl (C=O) groups is 2. The molecule has 2 aliphatic heterocycles. The van der Waals surface area contributed by atoms with Crippen LogP contribution in [0, 0.1) is 0 Å². The largest absolute Gasteiger partial charge is 0.362 e. The number of nitrogens with zero attached hydrogens (tertiary/aromatic N) is 2. The number of benzene rings is 2. The molecular weight excluding hydrogens is 484 g/mol. The molecule has 0 atom stereocenters. The zero-order chi connectivity index (χ0) is 23.0. The highest BCUT2D eigenvalue weighted by Gasteiger charge is 2.35. The van der Waals surface area contributed by atoms with Gasteiger partial charge in [-0.15, -0.1) is 0 Å². The summed E-state index contributed by atoms with van der Waals surface area (Å²) in [4.78, 5) is 29.7. The summed E-state index contributed by atoms with van der Waals surface area (Å²) in [5.74, 6) is -0.235. The van der Waals surface area contributed by atoms with E-state index < -0.39 is 0 Å². The fourth-order valence-electron chi connectivity index (χ4n) is 4.38. The van der Waals surface area contributed by atoms with Crippen molar-refractivity contribution in [2.75, 3.05) is 11.4 Å². The quantitative estimate of drug-likeness (QED) is 0.402. The summed E-state index contributed by atoms with van der Waals surface area (Å²) in [5, 5.41) is -0.228. The molecule has 4 rings (SSSR count). The van der Waals surface area contributed by atoms with Crippen molar-refractivity contribution in [3.8, 4) is 0 Å². The predicted octanol–water partition coefficient (Wildman–Crippen LogP) is 7.10. The average molecular weight is 511 g/mol. The van der Waals surface area contributed by atoms with Crippen LogP contribution in [-0.2, 0) is 11.3 Å². The Morgan fingerprint density at radius 2 is 1.81 bits per heavy atom. The first-order valence-electron chi connectivity index (χ1n) is 10.8. The second-order valence-electron chi connectivity index (χ2n) is 8.80. The van der Waals surface area contributed by atoms with Gasteiger partial charge in [0.2, 0.25) is 0 Å². The Kier molecular flexibility index (Phi) is 6.37. The molecule has 0 saturated carbocycles. The van der Waals surface area contributed by atoms with Crippen LogP contribution < -0.4 is 4.90 Å². The van der Waals surface area contributed by atoms with Crippen LogP contribution in [0.4, 0.5) is 10.5 Å². The van der Waals surface area contributed by atoms with Gasteiger partial charge in [0.1, 0.15) is 0 Å². The van der Waals surface area contributed by atoms with Crippen LogP contribution in [0.2, 0.25) is 0 Å². The minimum atomic E-state index is -0.235. The highest BCUT2D eigenvalue weighted by molar-refractivity contribution is 9.10. The minimum Gasteiger partial charge on any atom is -0.362 e. The van der Waals surface area contributed by atoms with E-state index in [1.165, 1.54) is 21.7 Å². The molecule has 1 saturated heterocycles. The Balaban J connectivity index is 1.61. The Labute approximate surface area is 202 Å². The third kappa shape index (κ3) is 4.44.